The molecule has 0 radical (unpaired) electrons. The average Bonchev–Trinajstić information content (AvgIpc) is 3.34. The first-order chi connectivity index (χ1) is 13.9. The molecule has 9 nitrogen and oxygen atoms in total. The minimum Gasteiger partial charge on any atom is -0.337 e. The Hall–Kier alpha value is -3.07. The van der Waals surface area contributed by atoms with Crippen molar-refractivity contribution in [2.24, 2.45) is 7.05 Å². The van der Waals surface area contributed by atoms with Gasteiger partial charge in [-0.25, -0.2) is 15.0 Å². The van der Waals surface area contributed by atoms with Crippen LogP contribution in [0.25, 0.3) is 5.95 Å². The zero-order chi connectivity index (χ0) is 20.5. The number of aryl methyl sites for hydroxylation is 4. The minimum absolute atomic E-state index is 0.0864. The smallest absolute Gasteiger partial charge is 0.252 e. The van der Waals surface area contributed by atoms with Gasteiger partial charge in [0, 0.05) is 36.9 Å². The van der Waals surface area contributed by atoms with E-state index < -0.39 is 0 Å². The van der Waals surface area contributed by atoms with Gasteiger partial charge in [-0.05, 0) is 46.2 Å². The highest BCUT2D eigenvalue weighted by Crippen LogP contribution is 2.30. The van der Waals surface area contributed by atoms with Crippen LogP contribution in [0.2, 0.25) is 0 Å². The number of hydrogen-bond donors (Lipinski definition) is 1. The van der Waals surface area contributed by atoms with E-state index in [0.717, 1.165) is 42.3 Å². The summed E-state index contributed by atoms with van der Waals surface area (Å²) in [5.41, 5.74) is 2.50. The van der Waals surface area contributed by atoms with Gasteiger partial charge in [0.05, 0.1) is 18.3 Å². The maximum atomic E-state index is 12.8. The fourth-order valence-corrected chi connectivity index (χ4v) is 3.92. The predicted molar refractivity (Wildman–Crippen MR) is 109 cm³/mol. The van der Waals surface area contributed by atoms with E-state index in [1.165, 1.54) is 0 Å². The Morgan fingerprint density at radius 1 is 1.17 bits per heavy atom. The second-order valence-electron chi connectivity index (χ2n) is 7.61. The molecule has 0 spiro atoms. The number of rotatable bonds is 5. The van der Waals surface area contributed by atoms with Crippen molar-refractivity contribution < 1.29 is 4.79 Å². The van der Waals surface area contributed by atoms with Crippen molar-refractivity contribution in [1.82, 2.24) is 34.2 Å². The number of amides is 1. The Bertz CT molecular complexity index is 1020. The lowest BCUT2D eigenvalue weighted by Crippen LogP contribution is -2.34. The second-order valence-corrected chi connectivity index (χ2v) is 7.61. The van der Waals surface area contributed by atoms with Gasteiger partial charge in [-0.3, -0.25) is 9.69 Å². The molecule has 1 fully saturated rings. The normalized spacial score (nSPS) is 17.0. The summed E-state index contributed by atoms with van der Waals surface area (Å²) >= 11 is 0. The Morgan fingerprint density at radius 2 is 1.93 bits per heavy atom. The van der Waals surface area contributed by atoms with Gasteiger partial charge in [-0.15, -0.1) is 0 Å². The van der Waals surface area contributed by atoms with Crippen molar-refractivity contribution >= 4 is 11.7 Å². The van der Waals surface area contributed by atoms with Gasteiger partial charge in [-0.1, -0.05) is 0 Å². The molecule has 3 aromatic heterocycles. The molecule has 4 heterocycles. The lowest BCUT2D eigenvalue weighted by Gasteiger charge is -2.23. The summed E-state index contributed by atoms with van der Waals surface area (Å²) in [6.45, 7) is 6.89. The Balaban J connectivity index is 1.51. The molecule has 1 saturated heterocycles. The molecule has 0 bridgehead atoms. The first kappa shape index (κ1) is 19.3. The number of likely N-dealkylation sites (tertiary alicyclic amines) is 1. The predicted octanol–water partition coefficient (Wildman–Crippen LogP) is 2.10. The molecule has 1 aliphatic heterocycles. The summed E-state index contributed by atoms with van der Waals surface area (Å²) in [6.07, 6.45) is 5.80. The van der Waals surface area contributed by atoms with Crippen LogP contribution in [0, 0.1) is 20.8 Å². The highest BCUT2D eigenvalue weighted by atomic mass is 16.2. The largest absolute Gasteiger partial charge is 0.337 e. The van der Waals surface area contributed by atoms with Crippen molar-refractivity contribution in [3.63, 3.8) is 0 Å². The fourth-order valence-electron chi connectivity index (χ4n) is 3.92. The van der Waals surface area contributed by atoms with E-state index in [4.69, 9.17) is 0 Å². The van der Waals surface area contributed by atoms with Crippen molar-refractivity contribution in [2.75, 3.05) is 18.4 Å². The minimum atomic E-state index is -0.0864. The van der Waals surface area contributed by atoms with Crippen LogP contribution in [-0.4, -0.2) is 53.2 Å². The van der Waals surface area contributed by atoms with Gasteiger partial charge in [0.25, 0.3) is 5.95 Å². The number of nitrogens with zero attached hydrogens (tertiary/aromatic N) is 7. The maximum absolute atomic E-state index is 12.8. The number of anilines is 1. The number of nitrogens with one attached hydrogen (secondary N) is 1. The quantitative estimate of drug-likeness (QED) is 0.712. The molecule has 1 aliphatic rings. The maximum Gasteiger partial charge on any atom is 0.252 e. The average molecular weight is 394 g/mol. The lowest BCUT2D eigenvalue weighted by atomic mass is 10.2. The summed E-state index contributed by atoms with van der Waals surface area (Å²) in [4.78, 5) is 28.4. The van der Waals surface area contributed by atoms with Gasteiger partial charge in [0.2, 0.25) is 5.91 Å². The highest BCUT2D eigenvalue weighted by Gasteiger charge is 2.30. The van der Waals surface area contributed by atoms with Crippen LogP contribution in [0.5, 0.6) is 0 Å². The zero-order valence-electron chi connectivity index (χ0n) is 17.3. The Labute approximate surface area is 169 Å². The summed E-state index contributed by atoms with van der Waals surface area (Å²) in [5, 5.41) is 7.45. The van der Waals surface area contributed by atoms with Gasteiger partial charge in [0.1, 0.15) is 11.6 Å². The number of imidazole rings is 1. The van der Waals surface area contributed by atoms with Crippen molar-refractivity contribution in [3.8, 4) is 5.95 Å². The first-order valence-electron chi connectivity index (χ1n) is 9.81. The van der Waals surface area contributed by atoms with Crippen molar-refractivity contribution in [1.29, 1.82) is 0 Å². The van der Waals surface area contributed by atoms with Crippen LogP contribution in [0.3, 0.4) is 0 Å². The van der Waals surface area contributed by atoms with Gasteiger partial charge >= 0.3 is 0 Å². The molecule has 9 heteroatoms. The Kier molecular flexibility index (Phi) is 5.14. The second kappa shape index (κ2) is 7.75. The molecular weight excluding hydrogens is 368 g/mol. The summed E-state index contributed by atoms with van der Waals surface area (Å²) < 4.78 is 3.62. The van der Waals surface area contributed by atoms with Crippen LogP contribution in [-0.2, 0) is 11.8 Å². The van der Waals surface area contributed by atoms with Gasteiger partial charge in [-0.2, -0.15) is 9.78 Å². The summed E-state index contributed by atoms with van der Waals surface area (Å²) in [5.74, 6) is 1.94. The van der Waals surface area contributed by atoms with E-state index >= 15 is 0 Å². The van der Waals surface area contributed by atoms with Gasteiger partial charge < -0.3 is 9.88 Å². The number of carbonyl (C=O) groups is 1. The number of aromatic nitrogens is 6. The molecule has 1 atom stereocenters. The van der Waals surface area contributed by atoms with Crippen LogP contribution < -0.4 is 5.32 Å². The number of carbonyl (C=O) groups excluding carboxylic acids is 1. The molecule has 152 valence electrons. The monoisotopic (exact) mass is 394 g/mol. The van der Waals surface area contributed by atoms with E-state index in [9.17, 15) is 4.79 Å². The molecule has 1 unspecified atom stereocenters. The molecular formula is C20H26N8O. The molecule has 0 aromatic carbocycles. The fraction of sp³-hybridized carbons (Fsp3) is 0.450. The molecule has 0 saturated carbocycles. The van der Waals surface area contributed by atoms with Crippen molar-refractivity contribution in [2.45, 2.75) is 39.7 Å². The van der Waals surface area contributed by atoms with Crippen LogP contribution in [0.15, 0.2) is 24.5 Å². The van der Waals surface area contributed by atoms with Crippen LogP contribution in [0.1, 0.15) is 41.8 Å². The molecule has 0 aliphatic carbocycles. The SMILES string of the molecule is Cc1cc(C)nc(-n2nc(C)cc2NC(=O)CN2CCCC2c2nccn2C)n1. The van der Waals surface area contributed by atoms with E-state index in [1.54, 1.807) is 10.9 Å². The molecule has 1 N–H and O–H groups in total. The Morgan fingerprint density at radius 3 is 2.62 bits per heavy atom. The summed E-state index contributed by atoms with van der Waals surface area (Å²) in [7, 11) is 1.99. The lowest BCUT2D eigenvalue weighted by molar-refractivity contribution is -0.117. The zero-order valence-corrected chi connectivity index (χ0v) is 17.3. The van der Waals surface area contributed by atoms with Gasteiger partial charge in [0.15, 0.2) is 0 Å². The molecule has 1 amide bonds. The highest BCUT2D eigenvalue weighted by molar-refractivity contribution is 5.91. The van der Waals surface area contributed by atoms with Crippen molar-refractivity contribution in [3.05, 3.63) is 47.4 Å². The van der Waals surface area contributed by atoms with E-state index in [-0.39, 0.29) is 11.9 Å². The van der Waals surface area contributed by atoms with Crippen LogP contribution >= 0.6 is 0 Å². The van der Waals surface area contributed by atoms with Crippen LogP contribution in [0.4, 0.5) is 5.82 Å². The summed E-state index contributed by atoms with van der Waals surface area (Å²) in [6, 6.07) is 3.90. The first-order valence-corrected chi connectivity index (χ1v) is 9.81. The van der Waals surface area contributed by atoms with E-state index in [0.29, 0.717) is 18.3 Å². The third-order valence-corrected chi connectivity index (χ3v) is 5.13. The molecule has 3 aromatic rings. The molecule has 29 heavy (non-hydrogen) atoms. The topological polar surface area (TPSA) is 93.8 Å². The third-order valence-electron chi connectivity index (χ3n) is 5.13. The number of hydrogen-bond acceptors (Lipinski definition) is 6. The van der Waals surface area contributed by atoms with E-state index in [1.807, 2.05) is 50.7 Å². The molecule has 4 rings (SSSR count). The standard InChI is InChI=1S/C20H26N8O/c1-13-10-14(2)23-20(22-13)28-17(11-15(3)25-28)24-18(29)12-27-8-5-6-16(27)19-21-7-9-26(19)4/h7,9-11,16H,5-6,8,12H2,1-4H3,(H,24,29). The van der Waals surface area contributed by atoms with E-state index in [2.05, 4.69) is 30.3 Å². The third kappa shape index (κ3) is 4.04.